The number of allylic oxidation sites excluding steroid dienone is 2. The van der Waals surface area contributed by atoms with Gasteiger partial charge in [-0.3, -0.25) is 9.59 Å². The van der Waals surface area contributed by atoms with E-state index in [0.717, 1.165) is 17.4 Å². The second-order valence-corrected chi connectivity index (χ2v) is 5.65. The van der Waals surface area contributed by atoms with E-state index >= 15 is 0 Å². The van der Waals surface area contributed by atoms with Crippen molar-refractivity contribution in [3.63, 3.8) is 0 Å². The third-order valence-corrected chi connectivity index (χ3v) is 4.64. The first kappa shape index (κ1) is 11.6. The second-order valence-electron chi connectivity index (χ2n) is 5.65. The number of fused-ring (bicyclic) bond motifs is 5. The van der Waals surface area contributed by atoms with Crippen LogP contribution in [0.4, 0.5) is 10.1 Å². The molecule has 102 valence electrons. The van der Waals surface area contributed by atoms with Crippen molar-refractivity contribution >= 4 is 17.5 Å². The minimum Gasteiger partial charge on any atom is -0.508 e. The number of benzene rings is 1. The van der Waals surface area contributed by atoms with E-state index in [1.807, 2.05) is 12.2 Å². The summed E-state index contributed by atoms with van der Waals surface area (Å²) < 4.78 is 13.9. The van der Waals surface area contributed by atoms with E-state index in [1.165, 1.54) is 12.1 Å². The lowest BCUT2D eigenvalue weighted by Gasteiger charge is -2.17. The molecule has 1 aromatic carbocycles. The van der Waals surface area contributed by atoms with Gasteiger partial charge in [0.15, 0.2) is 5.82 Å². The minimum absolute atomic E-state index is 0.0633. The molecule has 0 spiro atoms. The molecule has 3 aliphatic rings. The van der Waals surface area contributed by atoms with Crippen molar-refractivity contribution in [1.29, 1.82) is 0 Å². The molecule has 1 saturated carbocycles. The Hall–Kier alpha value is -2.17. The summed E-state index contributed by atoms with van der Waals surface area (Å²) >= 11 is 0. The molecule has 5 heteroatoms. The SMILES string of the molecule is O=C1C2C3C=CC(C3)C2C(=O)N1c1ccc(O)cc1F. The van der Waals surface area contributed by atoms with Crippen LogP contribution < -0.4 is 4.90 Å². The van der Waals surface area contributed by atoms with Crippen molar-refractivity contribution in [1.82, 2.24) is 0 Å². The quantitative estimate of drug-likeness (QED) is 0.627. The molecule has 2 aliphatic carbocycles. The summed E-state index contributed by atoms with van der Waals surface area (Å²) in [5, 5.41) is 9.23. The number of phenolic OH excluding ortho intramolecular Hbond substituents is 1. The molecule has 2 fully saturated rings. The maximum atomic E-state index is 13.9. The lowest BCUT2D eigenvalue weighted by atomic mass is 9.85. The zero-order chi connectivity index (χ0) is 14.0. The molecule has 20 heavy (non-hydrogen) atoms. The Morgan fingerprint density at radius 3 is 2.25 bits per heavy atom. The molecule has 1 aliphatic heterocycles. The van der Waals surface area contributed by atoms with Crippen LogP contribution in [0.5, 0.6) is 5.75 Å². The zero-order valence-electron chi connectivity index (χ0n) is 10.5. The van der Waals surface area contributed by atoms with Gasteiger partial charge in [0.1, 0.15) is 5.75 Å². The number of carbonyl (C=O) groups is 2. The summed E-state index contributed by atoms with van der Waals surface area (Å²) in [6, 6.07) is 3.47. The van der Waals surface area contributed by atoms with Crippen LogP contribution in [0.25, 0.3) is 0 Å². The minimum atomic E-state index is -0.757. The maximum absolute atomic E-state index is 13.9. The van der Waals surface area contributed by atoms with Gasteiger partial charge in [0.25, 0.3) is 0 Å². The van der Waals surface area contributed by atoms with Gasteiger partial charge in [-0.05, 0) is 30.4 Å². The van der Waals surface area contributed by atoms with E-state index in [1.54, 1.807) is 0 Å². The van der Waals surface area contributed by atoms with Crippen molar-refractivity contribution in [2.45, 2.75) is 6.42 Å². The molecular formula is C15H12FNO3. The summed E-state index contributed by atoms with van der Waals surface area (Å²) in [5.41, 5.74) is -0.0633. The van der Waals surface area contributed by atoms with Crippen molar-refractivity contribution in [3.05, 3.63) is 36.2 Å². The molecule has 1 saturated heterocycles. The fourth-order valence-corrected chi connectivity index (χ4v) is 3.82. The van der Waals surface area contributed by atoms with Crippen molar-refractivity contribution < 1.29 is 19.1 Å². The lowest BCUT2D eigenvalue weighted by Crippen LogP contribution is -2.33. The van der Waals surface area contributed by atoms with E-state index in [2.05, 4.69) is 0 Å². The van der Waals surface area contributed by atoms with Crippen LogP contribution in [0.3, 0.4) is 0 Å². The molecule has 4 unspecified atom stereocenters. The molecule has 1 N–H and O–H groups in total. The number of amides is 2. The molecule has 4 rings (SSSR count). The van der Waals surface area contributed by atoms with Gasteiger partial charge in [0.2, 0.25) is 11.8 Å². The summed E-state index contributed by atoms with van der Waals surface area (Å²) in [4.78, 5) is 25.9. The van der Waals surface area contributed by atoms with Gasteiger partial charge in [0.05, 0.1) is 17.5 Å². The van der Waals surface area contributed by atoms with E-state index in [-0.39, 0.29) is 46.9 Å². The van der Waals surface area contributed by atoms with Gasteiger partial charge in [-0.2, -0.15) is 0 Å². The average molecular weight is 273 g/mol. The maximum Gasteiger partial charge on any atom is 0.238 e. The van der Waals surface area contributed by atoms with Crippen LogP contribution in [-0.2, 0) is 9.59 Å². The number of hydrogen-bond donors (Lipinski definition) is 1. The average Bonchev–Trinajstić information content (AvgIpc) is 3.06. The van der Waals surface area contributed by atoms with Crippen LogP contribution in [0, 0.1) is 29.5 Å². The lowest BCUT2D eigenvalue weighted by molar-refractivity contribution is -0.123. The Bertz CT molecular complexity index is 639. The molecular weight excluding hydrogens is 261 g/mol. The highest BCUT2D eigenvalue weighted by Crippen LogP contribution is 2.53. The molecule has 0 aromatic heterocycles. The molecule has 1 aromatic rings. The Kier molecular flexibility index (Phi) is 2.14. The summed E-state index contributed by atoms with van der Waals surface area (Å²) in [5.74, 6) is -2.10. The highest BCUT2D eigenvalue weighted by atomic mass is 19.1. The van der Waals surface area contributed by atoms with Crippen LogP contribution in [0.1, 0.15) is 6.42 Å². The monoisotopic (exact) mass is 273 g/mol. The number of halogens is 1. The topological polar surface area (TPSA) is 57.6 Å². The van der Waals surface area contributed by atoms with E-state index in [9.17, 15) is 19.1 Å². The third-order valence-electron chi connectivity index (χ3n) is 4.64. The molecule has 4 nitrogen and oxygen atoms in total. The second kappa shape index (κ2) is 3.69. The van der Waals surface area contributed by atoms with Gasteiger partial charge in [0, 0.05) is 6.07 Å². The van der Waals surface area contributed by atoms with Gasteiger partial charge < -0.3 is 5.11 Å². The standard InChI is InChI=1S/C15H12FNO3/c16-10-6-9(18)3-4-11(10)17-14(19)12-7-1-2-8(5-7)13(12)15(17)20/h1-4,6-8,12-13,18H,5H2. The van der Waals surface area contributed by atoms with Crippen molar-refractivity contribution in [3.8, 4) is 5.75 Å². The largest absolute Gasteiger partial charge is 0.508 e. The third kappa shape index (κ3) is 1.30. The number of imide groups is 1. The van der Waals surface area contributed by atoms with Gasteiger partial charge in [-0.15, -0.1) is 0 Å². The molecule has 2 bridgehead atoms. The number of nitrogens with zero attached hydrogens (tertiary/aromatic N) is 1. The first-order valence-electron chi connectivity index (χ1n) is 6.62. The normalized spacial score (nSPS) is 34.1. The van der Waals surface area contributed by atoms with Gasteiger partial charge >= 0.3 is 0 Å². The number of rotatable bonds is 1. The van der Waals surface area contributed by atoms with E-state index < -0.39 is 5.82 Å². The Morgan fingerprint density at radius 2 is 1.70 bits per heavy atom. The molecule has 4 atom stereocenters. The predicted octanol–water partition coefficient (Wildman–Crippen LogP) is 1.84. The summed E-state index contributed by atoms with van der Waals surface area (Å²) in [7, 11) is 0. The van der Waals surface area contributed by atoms with Gasteiger partial charge in [-0.25, -0.2) is 9.29 Å². The smallest absolute Gasteiger partial charge is 0.238 e. The van der Waals surface area contributed by atoms with Crippen LogP contribution in [0.2, 0.25) is 0 Å². The molecule has 2 amide bonds. The number of aromatic hydroxyl groups is 1. The van der Waals surface area contributed by atoms with E-state index in [4.69, 9.17) is 0 Å². The van der Waals surface area contributed by atoms with E-state index in [0.29, 0.717) is 0 Å². The number of carbonyl (C=O) groups excluding carboxylic acids is 2. The molecule has 0 radical (unpaired) electrons. The van der Waals surface area contributed by atoms with Gasteiger partial charge in [-0.1, -0.05) is 12.2 Å². The number of phenols is 1. The Balaban J connectivity index is 1.78. The number of anilines is 1. The van der Waals surface area contributed by atoms with Crippen LogP contribution in [-0.4, -0.2) is 16.9 Å². The zero-order valence-corrected chi connectivity index (χ0v) is 10.5. The highest BCUT2D eigenvalue weighted by molar-refractivity contribution is 6.22. The fourth-order valence-electron chi connectivity index (χ4n) is 3.82. The predicted molar refractivity (Wildman–Crippen MR) is 68.3 cm³/mol. The first-order valence-corrected chi connectivity index (χ1v) is 6.62. The Labute approximate surface area is 114 Å². The van der Waals surface area contributed by atoms with Crippen LogP contribution >= 0.6 is 0 Å². The number of hydrogen-bond acceptors (Lipinski definition) is 3. The van der Waals surface area contributed by atoms with Crippen LogP contribution in [0.15, 0.2) is 30.4 Å². The summed E-state index contributed by atoms with van der Waals surface area (Å²) in [6.07, 6.45) is 4.83. The van der Waals surface area contributed by atoms with Crippen molar-refractivity contribution in [2.75, 3.05) is 4.90 Å². The Morgan fingerprint density at radius 1 is 1.10 bits per heavy atom. The van der Waals surface area contributed by atoms with Crippen molar-refractivity contribution in [2.24, 2.45) is 23.7 Å². The summed E-state index contributed by atoms with van der Waals surface area (Å²) in [6.45, 7) is 0. The first-order chi connectivity index (χ1) is 9.58. The highest BCUT2D eigenvalue weighted by Gasteiger charge is 2.59. The fraction of sp³-hybridized carbons (Fsp3) is 0.333. The molecule has 1 heterocycles.